The largest absolute Gasteiger partial charge is 0.348 e. The van der Waals surface area contributed by atoms with Crippen molar-refractivity contribution >= 4 is 5.95 Å². The van der Waals surface area contributed by atoms with Crippen LogP contribution in [0.25, 0.3) is 0 Å². The van der Waals surface area contributed by atoms with Crippen LogP contribution in [0.15, 0.2) is 6.20 Å². The van der Waals surface area contributed by atoms with Crippen LogP contribution in [0.1, 0.15) is 31.4 Å². The molecule has 0 radical (unpaired) electrons. The Hall–Kier alpha value is -1.03. The molecule has 0 aromatic carbocycles. The highest BCUT2D eigenvalue weighted by atomic mass is 15.3. The van der Waals surface area contributed by atoms with Gasteiger partial charge < -0.3 is 14.8 Å². The summed E-state index contributed by atoms with van der Waals surface area (Å²) in [5, 5.41) is 3.74. The van der Waals surface area contributed by atoms with E-state index in [2.05, 4.69) is 26.8 Å². The van der Waals surface area contributed by atoms with Crippen molar-refractivity contribution in [2.75, 3.05) is 19.0 Å². The number of rotatable bonds is 4. The summed E-state index contributed by atoms with van der Waals surface area (Å²) < 4.78 is 2.18. The van der Waals surface area contributed by atoms with Crippen molar-refractivity contribution in [2.45, 2.75) is 38.3 Å². The van der Waals surface area contributed by atoms with Gasteiger partial charge >= 0.3 is 0 Å². The molecule has 1 aromatic heterocycles. The number of fused-ring (bicyclic) bond motifs is 2. The number of imidazole rings is 1. The summed E-state index contributed by atoms with van der Waals surface area (Å²) >= 11 is 0. The Morgan fingerprint density at radius 2 is 2.22 bits per heavy atom. The van der Waals surface area contributed by atoms with E-state index < -0.39 is 0 Å². The van der Waals surface area contributed by atoms with Gasteiger partial charge in [0.25, 0.3) is 0 Å². The third-order valence-corrected chi connectivity index (χ3v) is 4.74. The summed E-state index contributed by atoms with van der Waals surface area (Å²) in [6, 6.07) is 0.751. The first-order chi connectivity index (χ1) is 8.65. The van der Waals surface area contributed by atoms with E-state index in [1.54, 1.807) is 0 Å². The van der Waals surface area contributed by atoms with E-state index >= 15 is 0 Å². The number of nitrogens with one attached hydrogen (secondary N) is 1. The highest BCUT2D eigenvalue weighted by molar-refractivity contribution is 5.30. The number of aromatic nitrogens is 2. The molecule has 4 heteroatoms. The summed E-state index contributed by atoms with van der Waals surface area (Å²) in [6.45, 7) is 0.950. The minimum absolute atomic E-state index is 0.751. The van der Waals surface area contributed by atoms with Gasteiger partial charge in [0.2, 0.25) is 5.95 Å². The summed E-state index contributed by atoms with van der Waals surface area (Å²) in [4.78, 5) is 6.51. The van der Waals surface area contributed by atoms with Crippen LogP contribution in [0, 0.1) is 11.8 Å². The van der Waals surface area contributed by atoms with Gasteiger partial charge in [0.05, 0.1) is 11.9 Å². The fourth-order valence-electron chi connectivity index (χ4n) is 3.74. The van der Waals surface area contributed by atoms with Gasteiger partial charge in [0.15, 0.2) is 0 Å². The normalized spacial score (nSPS) is 30.1. The van der Waals surface area contributed by atoms with Gasteiger partial charge in [-0.25, -0.2) is 4.98 Å². The molecule has 2 aliphatic carbocycles. The zero-order valence-corrected chi connectivity index (χ0v) is 11.7. The van der Waals surface area contributed by atoms with Gasteiger partial charge in [0, 0.05) is 33.7 Å². The molecule has 2 aliphatic rings. The lowest BCUT2D eigenvalue weighted by molar-refractivity contribution is 0.348. The summed E-state index contributed by atoms with van der Waals surface area (Å²) in [5.74, 6) is 2.98. The predicted molar refractivity (Wildman–Crippen MR) is 73.6 cm³/mol. The highest BCUT2D eigenvalue weighted by Crippen LogP contribution is 2.44. The highest BCUT2D eigenvalue weighted by Gasteiger charge is 2.39. The Morgan fingerprint density at radius 1 is 1.39 bits per heavy atom. The first kappa shape index (κ1) is 12.0. The van der Waals surface area contributed by atoms with Gasteiger partial charge in [-0.15, -0.1) is 0 Å². The van der Waals surface area contributed by atoms with Crippen LogP contribution in [0.4, 0.5) is 5.95 Å². The molecular weight excluding hydrogens is 224 g/mol. The third-order valence-electron chi connectivity index (χ3n) is 4.74. The van der Waals surface area contributed by atoms with Crippen molar-refractivity contribution in [1.29, 1.82) is 0 Å². The molecule has 3 atom stereocenters. The fraction of sp³-hybridized carbons (Fsp3) is 0.786. The van der Waals surface area contributed by atoms with Crippen molar-refractivity contribution in [3.8, 4) is 0 Å². The first-order valence-electron chi connectivity index (χ1n) is 7.06. The Labute approximate surface area is 109 Å². The second-order valence-corrected chi connectivity index (χ2v) is 6.17. The van der Waals surface area contributed by atoms with Crippen LogP contribution in [-0.4, -0.2) is 29.7 Å². The molecule has 0 saturated heterocycles. The van der Waals surface area contributed by atoms with Crippen LogP contribution in [0.2, 0.25) is 0 Å². The predicted octanol–water partition coefficient (Wildman–Crippen LogP) is 1.76. The van der Waals surface area contributed by atoms with Gasteiger partial charge in [0.1, 0.15) is 0 Å². The Balaban J connectivity index is 1.60. The molecule has 0 amide bonds. The van der Waals surface area contributed by atoms with Crippen molar-refractivity contribution < 1.29 is 0 Å². The van der Waals surface area contributed by atoms with Crippen LogP contribution in [0.5, 0.6) is 0 Å². The average Bonchev–Trinajstić information content (AvgIpc) is 3.01. The van der Waals surface area contributed by atoms with Crippen molar-refractivity contribution in [3.63, 3.8) is 0 Å². The number of hydrogen-bond acceptors (Lipinski definition) is 3. The van der Waals surface area contributed by atoms with E-state index in [4.69, 9.17) is 0 Å². The molecule has 4 nitrogen and oxygen atoms in total. The molecule has 1 N–H and O–H groups in total. The summed E-state index contributed by atoms with van der Waals surface area (Å²) in [5.41, 5.74) is 1.28. The van der Waals surface area contributed by atoms with Crippen LogP contribution in [0.3, 0.4) is 0 Å². The topological polar surface area (TPSA) is 33.1 Å². The molecule has 0 aliphatic heterocycles. The smallest absolute Gasteiger partial charge is 0.204 e. The molecule has 1 aromatic rings. The second-order valence-electron chi connectivity index (χ2n) is 6.17. The van der Waals surface area contributed by atoms with Crippen molar-refractivity contribution in [3.05, 3.63) is 11.9 Å². The molecule has 18 heavy (non-hydrogen) atoms. The lowest BCUT2D eigenvalue weighted by atomic mass is 9.95. The zero-order valence-electron chi connectivity index (χ0n) is 11.7. The maximum absolute atomic E-state index is 4.46. The van der Waals surface area contributed by atoms with Crippen LogP contribution >= 0.6 is 0 Å². The Morgan fingerprint density at radius 3 is 2.78 bits per heavy atom. The third kappa shape index (κ3) is 2.03. The number of nitrogens with zero attached hydrogens (tertiary/aromatic N) is 3. The molecule has 3 rings (SSSR count). The molecule has 100 valence electrons. The van der Waals surface area contributed by atoms with E-state index in [0.717, 1.165) is 30.4 Å². The number of hydrogen-bond donors (Lipinski definition) is 1. The van der Waals surface area contributed by atoms with Gasteiger partial charge in [-0.05, 0) is 31.1 Å². The number of anilines is 1. The molecule has 2 bridgehead atoms. The molecule has 2 fully saturated rings. The van der Waals surface area contributed by atoms with E-state index in [1.165, 1.54) is 31.4 Å². The maximum Gasteiger partial charge on any atom is 0.204 e. The first-order valence-corrected chi connectivity index (χ1v) is 7.06. The van der Waals surface area contributed by atoms with Crippen molar-refractivity contribution in [1.82, 2.24) is 14.9 Å². The van der Waals surface area contributed by atoms with Crippen LogP contribution < -0.4 is 10.2 Å². The van der Waals surface area contributed by atoms with E-state index in [1.807, 2.05) is 20.3 Å². The molecule has 1 heterocycles. The van der Waals surface area contributed by atoms with Crippen molar-refractivity contribution in [2.24, 2.45) is 18.9 Å². The van der Waals surface area contributed by atoms with Crippen LogP contribution in [-0.2, 0) is 13.6 Å². The van der Waals surface area contributed by atoms with Gasteiger partial charge in [-0.1, -0.05) is 6.42 Å². The monoisotopic (exact) mass is 248 g/mol. The molecule has 2 saturated carbocycles. The zero-order chi connectivity index (χ0) is 12.7. The molecule has 0 spiro atoms. The Bertz CT molecular complexity index is 423. The minimum atomic E-state index is 0.751. The quantitative estimate of drug-likeness (QED) is 0.881. The summed E-state index contributed by atoms with van der Waals surface area (Å²) in [7, 11) is 6.17. The average molecular weight is 248 g/mol. The standard InChI is InChI=1S/C14H24N4/c1-17(2)14-16-9-12(18(14)3)8-15-13-7-10-4-5-11(13)6-10/h9-11,13,15H,4-8H2,1-3H3. The van der Waals surface area contributed by atoms with Gasteiger partial charge in [-0.3, -0.25) is 0 Å². The second kappa shape index (κ2) is 4.57. The fourth-order valence-corrected chi connectivity index (χ4v) is 3.74. The SMILES string of the molecule is CN(C)c1ncc(CNC2CC3CCC2C3)n1C. The van der Waals surface area contributed by atoms with Gasteiger partial charge in [-0.2, -0.15) is 0 Å². The lowest BCUT2D eigenvalue weighted by Crippen LogP contribution is -2.33. The maximum atomic E-state index is 4.46. The molecule has 3 unspecified atom stereocenters. The molecular formula is C14H24N4. The summed E-state index contributed by atoms with van der Waals surface area (Å²) in [6.07, 6.45) is 7.76. The lowest BCUT2D eigenvalue weighted by Gasteiger charge is -2.23. The Kier molecular flexibility index (Phi) is 3.06. The van der Waals surface area contributed by atoms with E-state index in [0.29, 0.717) is 0 Å². The van der Waals surface area contributed by atoms with E-state index in [-0.39, 0.29) is 0 Å². The van der Waals surface area contributed by atoms with E-state index in [9.17, 15) is 0 Å². The minimum Gasteiger partial charge on any atom is -0.348 e.